The van der Waals surface area contributed by atoms with Gasteiger partial charge in [0.1, 0.15) is 0 Å². The molecule has 0 bridgehead atoms. The fraction of sp³-hybridized carbons (Fsp3) is 0.143. The molecule has 0 heterocycles. The highest BCUT2D eigenvalue weighted by Crippen LogP contribution is 2.35. The molecule has 0 radical (unpaired) electrons. The number of hydrogen-bond donors (Lipinski definition) is 0. The minimum absolute atomic E-state index is 0.963. The molecule has 4 rings (SSSR count). The molecule has 29 heavy (non-hydrogen) atoms. The molecule has 0 spiro atoms. The Morgan fingerprint density at radius 3 is 1.34 bits per heavy atom. The van der Waals surface area contributed by atoms with Gasteiger partial charge in [-0.1, -0.05) is 108 Å². The smallest absolute Gasteiger partial charge is 0.0158 e. The molecule has 0 aliphatic heterocycles. The summed E-state index contributed by atoms with van der Waals surface area (Å²) in [4.78, 5) is 2.69. The van der Waals surface area contributed by atoms with Crippen molar-refractivity contribution in [3.05, 3.63) is 130 Å². The van der Waals surface area contributed by atoms with Crippen molar-refractivity contribution in [2.24, 2.45) is 0 Å². The lowest BCUT2D eigenvalue weighted by Gasteiger charge is -2.14. The van der Waals surface area contributed by atoms with E-state index in [0.29, 0.717) is 0 Å². The highest BCUT2D eigenvalue weighted by atomic mass is 32.2. The van der Waals surface area contributed by atoms with Gasteiger partial charge in [-0.25, -0.2) is 0 Å². The summed E-state index contributed by atoms with van der Waals surface area (Å²) in [6.45, 7) is 4.35. The van der Waals surface area contributed by atoms with Crippen LogP contribution in [-0.4, -0.2) is 0 Å². The van der Waals surface area contributed by atoms with E-state index < -0.39 is 0 Å². The summed E-state index contributed by atoms with van der Waals surface area (Å²) in [5, 5.41) is 0. The first-order valence-corrected chi connectivity index (χ1v) is 10.9. The van der Waals surface area contributed by atoms with Gasteiger partial charge in [-0.3, -0.25) is 0 Å². The fourth-order valence-corrected chi connectivity index (χ4v) is 4.68. The molecule has 4 aromatic carbocycles. The second-order valence-electron chi connectivity index (χ2n) is 7.65. The Labute approximate surface area is 178 Å². The quantitative estimate of drug-likeness (QED) is 0.324. The van der Waals surface area contributed by atoms with Crippen molar-refractivity contribution in [3.63, 3.8) is 0 Å². The summed E-state index contributed by atoms with van der Waals surface area (Å²) in [5.41, 5.74) is 8.13. The molecule has 0 nitrogen and oxygen atoms in total. The summed E-state index contributed by atoms with van der Waals surface area (Å²) in [7, 11) is 0. The van der Waals surface area contributed by atoms with Gasteiger partial charge in [-0.05, 0) is 61.1 Å². The van der Waals surface area contributed by atoms with Gasteiger partial charge in [0, 0.05) is 9.79 Å². The average Bonchev–Trinajstić information content (AvgIpc) is 2.73. The Kier molecular flexibility index (Phi) is 6.17. The molecule has 4 aromatic rings. The van der Waals surface area contributed by atoms with E-state index in [0.717, 1.165) is 12.8 Å². The lowest BCUT2D eigenvalue weighted by Crippen LogP contribution is -1.95. The van der Waals surface area contributed by atoms with E-state index in [1.807, 2.05) is 11.8 Å². The topological polar surface area (TPSA) is 0 Å². The Morgan fingerprint density at radius 1 is 0.517 bits per heavy atom. The van der Waals surface area contributed by atoms with Crippen molar-refractivity contribution in [3.8, 4) is 0 Å². The Balaban J connectivity index is 1.66. The van der Waals surface area contributed by atoms with Gasteiger partial charge in [0.15, 0.2) is 0 Å². The molecule has 0 N–H and O–H groups in total. The van der Waals surface area contributed by atoms with Crippen LogP contribution in [0.1, 0.15) is 33.4 Å². The minimum atomic E-state index is 0.963. The molecule has 0 aliphatic carbocycles. The molecule has 1 heteroatoms. The fourth-order valence-electron chi connectivity index (χ4n) is 3.64. The van der Waals surface area contributed by atoms with Crippen LogP contribution >= 0.6 is 11.8 Å². The van der Waals surface area contributed by atoms with Crippen LogP contribution in [0.15, 0.2) is 107 Å². The van der Waals surface area contributed by atoms with Crippen LogP contribution in [0.2, 0.25) is 0 Å². The largest absolute Gasteiger partial charge is 0.0895 e. The first kappa shape index (κ1) is 19.5. The van der Waals surface area contributed by atoms with Gasteiger partial charge in [-0.2, -0.15) is 0 Å². The number of aryl methyl sites for hydroxylation is 2. The zero-order valence-corrected chi connectivity index (χ0v) is 17.9. The van der Waals surface area contributed by atoms with Gasteiger partial charge >= 0.3 is 0 Å². The predicted octanol–water partition coefficient (Wildman–Crippen LogP) is 7.64. The molecular weight excluding hydrogens is 368 g/mol. The normalized spacial score (nSPS) is 10.8. The van der Waals surface area contributed by atoms with Crippen molar-refractivity contribution in [2.75, 3.05) is 0 Å². The van der Waals surface area contributed by atoms with Crippen LogP contribution in [0.5, 0.6) is 0 Å². The summed E-state index contributed by atoms with van der Waals surface area (Å²) in [6.07, 6.45) is 1.93. The molecule has 0 saturated carbocycles. The van der Waals surface area contributed by atoms with E-state index in [-0.39, 0.29) is 0 Å². The van der Waals surface area contributed by atoms with Gasteiger partial charge < -0.3 is 0 Å². The Bertz CT molecular complexity index is 993. The van der Waals surface area contributed by atoms with Crippen molar-refractivity contribution >= 4 is 11.8 Å². The summed E-state index contributed by atoms with van der Waals surface area (Å²) in [6, 6.07) is 35.2. The zero-order valence-electron chi connectivity index (χ0n) is 17.1. The molecule has 0 aromatic heterocycles. The van der Waals surface area contributed by atoms with Gasteiger partial charge in [0.05, 0.1) is 0 Å². The SMILES string of the molecule is Cc1ccc(Sc2ccc(C)cc2Cc2ccccc2)c(Cc2ccccc2)c1. The predicted molar refractivity (Wildman–Crippen MR) is 125 cm³/mol. The first-order chi connectivity index (χ1) is 14.2. The van der Waals surface area contributed by atoms with Crippen molar-refractivity contribution in [2.45, 2.75) is 36.5 Å². The lowest BCUT2D eigenvalue weighted by molar-refractivity contribution is 1.10. The number of hydrogen-bond acceptors (Lipinski definition) is 1. The van der Waals surface area contributed by atoms with E-state index in [4.69, 9.17) is 0 Å². The van der Waals surface area contributed by atoms with Gasteiger partial charge in [0.25, 0.3) is 0 Å². The average molecular weight is 395 g/mol. The third kappa shape index (κ3) is 5.19. The van der Waals surface area contributed by atoms with Gasteiger partial charge in [-0.15, -0.1) is 0 Å². The molecule has 0 saturated heterocycles. The van der Waals surface area contributed by atoms with Crippen LogP contribution in [0.25, 0.3) is 0 Å². The summed E-state index contributed by atoms with van der Waals surface area (Å²) < 4.78 is 0. The Morgan fingerprint density at radius 2 is 0.931 bits per heavy atom. The van der Waals surface area contributed by atoms with E-state index in [1.54, 1.807) is 0 Å². The zero-order chi connectivity index (χ0) is 20.1. The molecule has 0 unspecified atom stereocenters. The van der Waals surface area contributed by atoms with E-state index >= 15 is 0 Å². The van der Waals surface area contributed by atoms with E-state index in [9.17, 15) is 0 Å². The molecule has 0 atom stereocenters. The maximum absolute atomic E-state index is 2.33. The van der Waals surface area contributed by atoms with Crippen molar-refractivity contribution in [1.29, 1.82) is 0 Å². The molecule has 0 fully saturated rings. The second-order valence-corrected chi connectivity index (χ2v) is 8.73. The second kappa shape index (κ2) is 9.15. The van der Waals surface area contributed by atoms with Crippen molar-refractivity contribution < 1.29 is 0 Å². The maximum Gasteiger partial charge on any atom is 0.0158 e. The molecular formula is C28H26S. The van der Waals surface area contributed by atoms with Crippen LogP contribution in [0.3, 0.4) is 0 Å². The van der Waals surface area contributed by atoms with Crippen LogP contribution in [-0.2, 0) is 12.8 Å². The molecule has 0 amide bonds. The molecule has 0 aliphatic rings. The lowest BCUT2D eigenvalue weighted by atomic mass is 10.0. The van der Waals surface area contributed by atoms with E-state index in [2.05, 4.69) is 111 Å². The standard InChI is InChI=1S/C28H26S/c1-21-13-15-27(25(17-21)19-23-9-5-3-6-10-23)29-28-16-14-22(2)18-26(28)20-24-11-7-4-8-12-24/h3-18H,19-20H2,1-2H3. The highest BCUT2D eigenvalue weighted by Gasteiger charge is 2.10. The third-order valence-corrected chi connectivity index (χ3v) is 6.36. The summed E-state index contributed by atoms with van der Waals surface area (Å²) >= 11 is 1.90. The van der Waals surface area contributed by atoms with Crippen LogP contribution < -0.4 is 0 Å². The van der Waals surface area contributed by atoms with Crippen molar-refractivity contribution in [1.82, 2.24) is 0 Å². The Hall–Kier alpha value is -2.77. The third-order valence-electron chi connectivity index (χ3n) is 5.13. The maximum atomic E-state index is 2.33. The number of benzene rings is 4. The first-order valence-electron chi connectivity index (χ1n) is 10.1. The highest BCUT2D eigenvalue weighted by molar-refractivity contribution is 7.99. The van der Waals surface area contributed by atoms with Gasteiger partial charge in [0.2, 0.25) is 0 Å². The van der Waals surface area contributed by atoms with Crippen LogP contribution in [0.4, 0.5) is 0 Å². The summed E-state index contributed by atoms with van der Waals surface area (Å²) in [5.74, 6) is 0. The van der Waals surface area contributed by atoms with Crippen LogP contribution in [0, 0.1) is 13.8 Å². The molecule has 144 valence electrons. The number of rotatable bonds is 6. The minimum Gasteiger partial charge on any atom is -0.0895 e. The van der Waals surface area contributed by atoms with E-state index in [1.165, 1.54) is 43.2 Å². The monoisotopic (exact) mass is 394 g/mol.